The first-order valence-corrected chi connectivity index (χ1v) is 8.29. The highest BCUT2D eigenvalue weighted by molar-refractivity contribution is 5.15. The molecule has 2 aliphatic heterocycles. The summed E-state index contributed by atoms with van der Waals surface area (Å²) in [5.41, 5.74) is 0.560. The molecule has 1 N–H and O–H groups in total. The van der Waals surface area contributed by atoms with Gasteiger partial charge in [0.05, 0.1) is 18.8 Å². The highest BCUT2D eigenvalue weighted by atomic mass is 16.7. The van der Waals surface area contributed by atoms with E-state index >= 15 is 0 Å². The van der Waals surface area contributed by atoms with Crippen molar-refractivity contribution < 1.29 is 19.3 Å². The molecule has 1 aromatic carbocycles. The minimum Gasteiger partial charge on any atom is -0.390 e. The van der Waals surface area contributed by atoms with Crippen LogP contribution in [0.5, 0.6) is 0 Å². The van der Waals surface area contributed by atoms with Gasteiger partial charge in [0.2, 0.25) is 0 Å². The third-order valence-electron chi connectivity index (χ3n) is 5.07. The lowest BCUT2D eigenvalue weighted by molar-refractivity contribution is -0.188. The van der Waals surface area contributed by atoms with Crippen molar-refractivity contribution >= 4 is 0 Å². The van der Waals surface area contributed by atoms with Crippen LogP contribution >= 0.6 is 0 Å². The minimum absolute atomic E-state index is 0.238. The fraction of sp³-hybridized carbons (Fsp3) is 0.667. The van der Waals surface area contributed by atoms with Crippen LogP contribution in [0, 0.1) is 0 Å². The van der Waals surface area contributed by atoms with Gasteiger partial charge in [-0.05, 0) is 18.4 Å². The Hall–Kier alpha value is -0.980. The van der Waals surface area contributed by atoms with Crippen LogP contribution in [0.1, 0.15) is 24.8 Å². The molecule has 2 unspecified atom stereocenters. The normalized spacial score (nSPS) is 31.5. The quantitative estimate of drug-likeness (QED) is 0.810. The molecule has 23 heavy (non-hydrogen) atoms. The summed E-state index contributed by atoms with van der Waals surface area (Å²) in [5, 5.41) is 11.1. The van der Waals surface area contributed by atoms with Crippen LogP contribution in [0.4, 0.5) is 0 Å². The maximum atomic E-state index is 11.1. The van der Waals surface area contributed by atoms with Crippen molar-refractivity contribution in [2.75, 3.05) is 27.4 Å². The molecular weight excluding hydrogens is 294 g/mol. The van der Waals surface area contributed by atoms with Crippen LogP contribution < -0.4 is 0 Å². The highest BCUT2D eigenvalue weighted by Gasteiger charge is 2.46. The molecule has 0 spiro atoms. The molecule has 1 aromatic rings. The first-order chi connectivity index (χ1) is 11.1. The monoisotopic (exact) mass is 321 g/mol. The Kier molecular flexibility index (Phi) is 5.34. The molecule has 2 atom stereocenters. The Balaban J connectivity index is 1.70. The van der Waals surface area contributed by atoms with E-state index < -0.39 is 5.60 Å². The molecular formula is C18H27NO4. The van der Waals surface area contributed by atoms with Gasteiger partial charge in [-0.1, -0.05) is 30.3 Å². The lowest BCUT2D eigenvalue weighted by atomic mass is 9.78. The van der Waals surface area contributed by atoms with E-state index in [2.05, 4.69) is 29.2 Å². The third-order valence-corrected chi connectivity index (χ3v) is 5.07. The molecule has 0 aromatic heterocycles. The summed E-state index contributed by atoms with van der Waals surface area (Å²) in [6, 6.07) is 11.0. The lowest BCUT2D eigenvalue weighted by Crippen LogP contribution is -2.61. The van der Waals surface area contributed by atoms with Gasteiger partial charge in [0.1, 0.15) is 0 Å². The summed E-state index contributed by atoms with van der Waals surface area (Å²) >= 11 is 0. The Morgan fingerprint density at radius 2 is 1.78 bits per heavy atom. The fourth-order valence-corrected chi connectivity index (χ4v) is 3.93. The topological polar surface area (TPSA) is 51.2 Å². The van der Waals surface area contributed by atoms with Crippen LogP contribution in [-0.4, -0.2) is 61.4 Å². The Morgan fingerprint density at radius 3 is 2.35 bits per heavy atom. The predicted octanol–water partition coefficient (Wildman–Crippen LogP) is 1.79. The number of ether oxygens (including phenoxy) is 3. The van der Waals surface area contributed by atoms with Crippen LogP contribution in [-0.2, 0) is 20.8 Å². The number of aliphatic hydroxyl groups is 1. The molecule has 0 radical (unpaired) electrons. The molecule has 5 nitrogen and oxygen atoms in total. The zero-order valence-corrected chi connectivity index (χ0v) is 14.0. The van der Waals surface area contributed by atoms with Crippen molar-refractivity contribution in [3.05, 3.63) is 35.9 Å². The van der Waals surface area contributed by atoms with Gasteiger partial charge >= 0.3 is 0 Å². The second kappa shape index (κ2) is 7.28. The predicted molar refractivity (Wildman–Crippen MR) is 87.0 cm³/mol. The van der Waals surface area contributed by atoms with Gasteiger partial charge in [-0.2, -0.15) is 0 Å². The second-order valence-electron chi connectivity index (χ2n) is 6.74. The molecule has 5 heteroatoms. The lowest BCUT2D eigenvalue weighted by Gasteiger charge is -2.52. The van der Waals surface area contributed by atoms with Gasteiger partial charge in [-0.25, -0.2) is 0 Å². The largest absolute Gasteiger partial charge is 0.390 e. The van der Waals surface area contributed by atoms with Gasteiger partial charge in [-0.15, -0.1) is 0 Å². The van der Waals surface area contributed by atoms with Crippen molar-refractivity contribution in [2.45, 2.75) is 49.8 Å². The zero-order valence-electron chi connectivity index (χ0n) is 14.0. The number of nitrogens with zero attached hydrogens (tertiary/aromatic N) is 1. The van der Waals surface area contributed by atoms with Gasteiger partial charge in [0.15, 0.2) is 6.29 Å². The van der Waals surface area contributed by atoms with E-state index in [1.54, 1.807) is 14.2 Å². The molecule has 2 saturated heterocycles. The Bertz CT molecular complexity index is 477. The number of morpholine rings is 1. The standard InChI is InChI=1S/C18H27NO4/c1-21-17(22-2)10-18(20)8-15-12-23-13-16(9-18)19(15)11-14-6-4-3-5-7-14/h3-7,15-17,20H,8-13H2,1-2H3. The Morgan fingerprint density at radius 1 is 1.17 bits per heavy atom. The average molecular weight is 321 g/mol. The zero-order chi connectivity index (χ0) is 16.3. The average Bonchev–Trinajstić information content (AvgIpc) is 2.55. The van der Waals surface area contributed by atoms with Crippen molar-refractivity contribution in [1.82, 2.24) is 4.90 Å². The summed E-state index contributed by atoms with van der Waals surface area (Å²) in [5.74, 6) is 0. The smallest absolute Gasteiger partial charge is 0.159 e. The second-order valence-corrected chi connectivity index (χ2v) is 6.74. The number of fused-ring (bicyclic) bond motifs is 2. The number of methoxy groups -OCH3 is 2. The van der Waals surface area contributed by atoms with Crippen molar-refractivity contribution in [1.29, 1.82) is 0 Å². The van der Waals surface area contributed by atoms with E-state index in [1.165, 1.54) is 5.56 Å². The molecule has 2 bridgehead atoms. The molecule has 128 valence electrons. The number of piperidine rings is 1. The molecule has 3 rings (SSSR count). The summed E-state index contributed by atoms with van der Waals surface area (Å²) < 4.78 is 16.3. The molecule has 0 aliphatic carbocycles. The van der Waals surface area contributed by atoms with Crippen LogP contribution in [0.15, 0.2) is 30.3 Å². The SMILES string of the molecule is COC(CC1(O)CC2COCC(C1)N2Cc1ccccc1)OC. The minimum atomic E-state index is -0.747. The van der Waals surface area contributed by atoms with E-state index in [1.807, 2.05) is 6.07 Å². The van der Waals surface area contributed by atoms with Crippen LogP contribution in [0.3, 0.4) is 0 Å². The van der Waals surface area contributed by atoms with Crippen molar-refractivity contribution in [3.8, 4) is 0 Å². The number of hydrogen-bond donors (Lipinski definition) is 1. The van der Waals surface area contributed by atoms with Crippen LogP contribution in [0.25, 0.3) is 0 Å². The van der Waals surface area contributed by atoms with E-state index in [0.717, 1.165) is 6.54 Å². The maximum absolute atomic E-state index is 11.1. The van der Waals surface area contributed by atoms with Crippen LogP contribution in [0.2, 0.25) is 0 Å². The van der Waals surface area contributed by atoms with Gasteiger partial charge in [-0.3, -0.25) is 4.90 Å². The van der Waals surface area contributed by atoms with Gasteiger partial charge in [0, 0.05) is 39.3 Å². The maximum Gasteiger partial charge on any atom is 0.159 e. The van der Waals surface area contributed by atoms with E-state index in [4.69, 9.17) is 14.2 Å². The first-order valence-electron chi connectivity index (χ1n) is 8.29. The number of benzene rings is 1. The molecule has 0 saturated carbocycles. The third kappa shape index (κ3) is 3.92. The van der Waals surface area contributed by atoms with Gasteiger partial charge < -0.3 is 19.3 Å². The van der Waals surface area contributed by atoms with E-state index in [9.17, 15) is 5.11 Å². The summed E-state index contributed by atoms with van der Waals surface area (Å²) in [7, 11) is 3.23. The van der Waals surface area contributed by atoms with Gasteiger partial charge in [0.25, 0.3) is 0 Å². The number of rotatable bonds is 6. The van der Waals surface area contributed by atoms with Crippen molar-refractivity contribution in [2.24, 2.45) is 0 Å². The summed E-state index contributed by atoms with van der Waals surface area (Å²) in [6.07, 6.45) is 1.54. The fourth-order valence-electron chi connectivity index (χ4n) is 3.93. The van der Waals surface area contributed by atoms with E-state index in [-0.39, 0.29) is 18.4 Å². The highest BCUT2D eigenvalue weighted by Crippen LogP contribution is 2.38. The summed E-state index contributed by atoms with van der Waals surface area (Å²) in [6.45, 7) is 2.26. The van der Waals surface area contributed by atoms with E-state index in [0.29, 0.717) is 32.5 Å². The molecule has 0 amide bonds. The summed E-state index contributed by atoms with van der Waals surface area (Å²) in [4.78, 5) is 2.49. The first kappa shape index (κ1) is 16.9. The molecule has 2 heterocycles. The number of hydrogen-bond acceptors (Lipinski definition) is 5. The Labute approximate surface area is 138 Å². The molecule has 2 fully saturated rings. The molecule has 2 aliphatic rings. The van der Waals surface area contributed by atoms with Crippen molar-refractivity contribution in [3.63, 3.8) is 0 Å².